The van der Waals surface area contributed by atoms with Crippen molar-refractivity contribution in [1.82, 2.24) is 9.97 Å². The number of carbonyl (C=O) groups excluding carboxylic acids is 1. The molecule has 2 aromatic rings. The highest BCUT2D eigenvalue weighted by Gasteiger charge is 2.16. The number of ether oxygens (including phenoxy) is 1. The van der Waals surface area contributed by atoms with Crippen molar-refractivity contribution in [3.63, 3.8) is 0 Å². The molecular formula is C12H8N2O4. The summed E-state index contributed by atoms with van der Waals surface area (Å²) in [5.41, 5.74) is 0.0502. The van der Waals surface area contributed by atoms with Crippen LogP contribution in [0.3, 0.4) is 0 Å². The third-order valence-corrected chi connectivity index (χ3v) is 2.09. The van der Waals surface area contributed by atoms with Gasteiger partial charge >= 0.3 is 11.9 Å². The molecule has 0 aromatic carbocycles. The number of hydrogen-bond donors (Lipinski definition) is 1. The number of pyridine rings is 2. The Labute approximate surface area is 102 Å². The van der Waals surface area contributed by atoms with Gasteiger partial charge in [0.2, 0.25) is 5.88 Å². The van der Waals surface area contributed by atoms with Gasteiger partial charge in [-0.25, -0.2) is 14.6 Å². The molecule has 0 fully saturated rings. The van der Waals surface area contributed by atoms with Crippen molar-refractivity contribution >= 4 is 11.9 Å². The van der Waals surface area contributed by atoms with E-state index >= 15 is 0 Å². The molecule has 6 heteroatoms. The maximum absolute atomic E-state index is 11.7. The van der Waals surface area contributed by atoms with Crippen LogP contribution < -0.4 is 4.74 Å². The number of hydrogen-bond acceptors (Lipinski definition) is 5. The summed E-state index contributed by atoms with van der Waals surface area (Å²) in [7, 11) is 0. The summed E-state index contributed by atoms with van der Waals surface area (Å²) in [6, 6.07) is 5.85. The lowest BCUT2D eigenvalue weighted by Crippen LogP contribution is -2.12. The normalized spacial score (nSPS) is 9.78. The van der Waals surface area contributed by atoms with Crippen LogP contribution in [-0.4, -0.2) is 27.0 Å². The van der Waals surface area contributed by atoms with Gasteiger partial charge in [0.25, 0.3) is 0 Å². The number of carbonyl (C=O) groups is 2. The van der Waals surface area contributed by atoms with Crippen molar-refractivity contribution in [1.29, 1.82) is 0 Å². The maximum atomic E-state index is 11.7. The summed E-state index contributed by atoms with van der Waals surface area (Å²) in [6.45, 7) is 0. The van der Waals surface area contributed by atoms with Gasteiger partial charge in [-0.1, -0.05) is 0 Å². The zero-order valence-electron chi connectivity index (χ0n) is 9.11. The van der Waals surface area contributed by atoms with Crippen molar-refractivity contribution in [2.45, 2.75) is 0 Å². The SMILES string of the molecule is O=C(Oc1ncccc1C(=O)O)c1cccnc1. The second-order valence-electron chi connectivity index (χ2n) is 3.29. The molecule has 0 radical (unpaired) electrons. The standard InChI is InChI=1S/C12H8N2O4/c15-11(16)9-4-2-6-14-10(9)18-12(17)8-3-1-5-13-7-8/h1-7H,(H,15,16). The lowest BCUT2D eigenvalue weighted by Gasteiger charge is -2.05. The van der Waals surface area contributed by atoms with E-state index in [4.69, 9.17) is 9.84 Å². The first kappa shape index (κ1) is 11.7. The third-order valence-electron chi connectivity index (χ3n) is 2.09. The molecule has 1 N–H and O–H groups in total. The zero-order chi connectivity index (χ0) is 13.0. The van der Waals surface area contributed by atoms with Crippen LogP contribution in [0.15, 0.2) is 42.9 Å². The fraction of sp³-hybridized carbons (Fsp3) is 0. The Balaban J connectivity index is 2.25. The molecule has 2 rings (SSSR count). The number of aromatic nitrogens is 2. The first-order valence-corrected chi connectivity index (χ1v) is 4.99. The molecule has 2 aromatic heterocycles. The first-order chi connectivity index (χ1) is 8.68. The smallest absolute Gasteiger partial charge is 0.346 e. The molecule has 18 heavy (non-hydrogen) atoms. The van der Waals surface area contributed by atoms with Gasteiger partial charge in [-0.15, -0.1) is 0 Å². The van der Waals surface area contributed by atoms with Gasteiger partial charge in [0.05, 0.1) is 5.56 Å². The Hall–Kier alpha value is -2.76. The van der Waals surface area contributed by atoms with Gasteiger partial charge in [-0.3, -0.25) is 4.98 Å². The summed E-state index contributed by atoms with van der Waals surface area (Å²) in [5, 5.41) is 8.91. The molecule has 2 heterocycles. The van der Waals surface area contributed by atoms with Gasteiger partial charge in [-0.2, -0.15) is 0 Å². The molecule has 0 atom stereocenters. The third kappa shape index (κ3) is 2.49. The molecule has 0 saturated heterocycles. The topological polar surface area (TPSA) is 89.4 Å². The summed E-state index contributed by atoms with van der Waals surface area (Å²) in [6.07, 6.45) is 4.18. The first-order valence-electron chi connectivity index (χ1n) is 4.99. The Morgan fingerprint density at radius 3 is 2.61 bits per heavy atom. The molecule has 6 nitrogen and oxygen atoms in total. The molecule has 0 spiro atoms. The fourth-order valence-electron chi connectivity index (χ4n) is 1.27. The van der Waals surface area contributed by atoms with Crippen molar-refractivity contribution in [3.05, 3.63) is 54.0 Å². The van der Waals surface area contributed by atoms with Crippen LogP contribution in [0.4, 0.5) is 0 Å². The molecule has 0 amide bonds. The molecular weight excluding hydrogens is 236 g/mol. The Kier molecular flexibility index (Phi) is 3.29. The van der Waals surface area contributed by atoms with E-state index in [0.29, 0.717) is 0 Å². The molecule has 0 aliphatic heterocycles. The van der Waals surface area contributed by atoms with Gasteiger partial charge in [0.15, 0.2) is 0 Å². The fourth-order valence-corrected chi connectivity index (χ4v) is 1.27. The van der Waals surface area contributed by atoms with E-state index in [0.717, 1.165) is 0 Å². The highest BCUT2D eigenvalue weighted by Crippen LogP contribution is 2.15. The number of carboxylic acid groups (broad SMARTS) is 1. The minimum atomic E-state index is -1.21. The summed E-state index contributed by atoms with van der Waals surface area (Å²) in [5.74, 6) is -2.15. The monoisotopic (exact) mass is 244 g/mol. The van der Waals surface area contributed by atoms with Crippen molar-refractivity contribution in [2.24, 2.45) is 0 Å². The van der Waals surface area contributed by atoms with E-state index in [1.54, 1.807) is 6.07 Å². The van der Waals surface area contributed by atoms with Crippen molar-refractivity contribution < 1.29 is 19.4 Å². The lowest BCUT2D eigenvalue weighted by molar-refractivity contribution is 0.0677. The van der Waals surface area contributed by atoms with Crippen molar-refractivity contribution in [2.75, 3.05) is 0 Å². The minimum Gasteiger partial charge on any atom is -0.477 e. The highest BCUT2D eigenvalue weighted by atomic mass is 16.5. The van der Waals surface area contributed by atoms with E-state index in [1.165, 1.54) is 36.8 Å². The number of nitrogens with zero attached hydrogens (tertiary/aromatic N) is 2. The predicted octanol–water partition coefficient (Wildman–Crippen LogP) is 1.39. The van der Waals surface area contributed by atoms with E-state index in [9.17, 15) is 9.59 Å². The number of rotatable bonds is 3. The molecule has 0 unspecified atom stereocenters. The maximum Gasteiger partial charge on any atom is 0.346 e. The van der Waals surface area contributed by atoms with Crippen LogP contribution in [0.5, 0.6) is 5.88 Å². The van der Waals surface area contributed by atoms with E-state index < -0.39 is 11.9 Å². The number of aromatic carboxylic acids is 1. The molecule has 90 valence electrons. The quantitative estimate of drug-likeness (QED) is 0.820. The van der Waals surface area contributed by atoms with Gasteiger partial charge in [0, 0.05) is 18.6 Å². The van der Waals surface area contributed by atoms with Crippen LogP contribution >= 0.6 is 0 Å². The minimum absolute atomic E-state index is 0.172. The van der Waals surface area contributed by atoms with E-state index in [2.05, 4.69) is 9.97 Å². The van der Waals surface area contributed by atoms with Crippen LogP contribution in [0.2, 0.25) is 0 Å². The van der Waals surface area contributed by atoms with Gasteiger partial charge in [0.1, 0.15) is 5.56 Å². The van der Waals surface area contributed by atoms with E-state index in [1.807, 2.05) is 0 Å². The number of carboxylic acids is 1. The Bertz CT molecular complexity index is 584. The number of esters is 1. The Morgan fingerprint density at radius 1 is 1.17 bits per heavy atom. The second kappa shape index (κ2) is 5.05. The average molecular weight is 244 g/mol. The van der Waals surface area contributed by atoms with Crippen LogP contribution in [-0.2, 0) is 0 Å². The largest absolute Gasteiger partial charge is 0.477 e. The summed E-state index contributed by atoms with van der Waals surface area (Å²) < 4.78 is 4.92. The lowest BCUT2D eigenvalue weighted by atomic mass is 10.2. The highest BCUT2D eigenvalue weighted by molar-refractivity contribution is 5.94. The molecule has 0 aliphatic carbocycles. The van der Waals surface area contributed by atoms with Crippen LogP contribution in [0.1, 0.15) is 20.7 Å². The molecule has 0 saturated carbocycles. The average Bonchev–Trinajstić information content (AvgIpc) is 2.40. The van der Waals surface area contributed by atoms with Crippen LogP contribution in [0, 0.1) is 0 Å². The van der Waals surface area contributed by atoms with Crippen molar-refractivity contribution in [3.8, 4) is 5.88 Å². The van der Waals surface area contributed by atoms with Gasteiger partial charge < -0.3 is 9.84 Å². The van der Waals surface area contributed by atoms with E-state index in [-0.39, 0.29) is 17.0 Å². The van der Waals surface area contributed by atoms with Gasteiger partial charge in [-0.05, 0) is 24.3 Å². The zero-order valence-corrected chi connectivity index (χ0v) is 9.11. The summed E-state index contributed by atoms with van der Waals surface area (Å²) in [4.78, 5) is 30.1. The summed E-state index contributed by atoms with van der Waals surface area (Å²) >= 11 is 0. The van der Waals surface area contributed by atoms with Crippen LogP contribution in [0.25, 0.3) is 0 Å². The second-order valence-corrected chi connectivity index (χ2v) is 3.29. The molecule has 0 bridgehead atoms. The Morgan fingerprint density at radius 2 is 1.94 bits per heavy atom. The predicted molar refractivity (Wildman–Crippen MR) is 60.4 cm³/mol. The molecule has 0 aliphatic rings.